The third kappa shape index (κ3) is 3.18. The van der Waals surface area contributed by atoms with Crippen molar-refractivity contribution in [1.29, 1.82) is 0 Å². The maximum atomic E-state index is 11.1. The number of allylic oxidation sites excluding steroid dienone is 2. The number of carbonyl (C=O) groups is 1. The lowest BCUT2D eigenvalue weighted by molar-refractivity contribution is 0.0697. The minimum Gasteiger partial charge on any atom is -0.478 e. The molecular formula is C20H20ClN3O2. The largest absolute Gasteiger partial charge is 0.478 e. The number of fused-ring (bicyclic) bond motifs is 1. The van der Waals surface area contributed by atoms with Crippen LogP contribution in [0.15, 0.2) is 59.3 Å². The van der Waals surface area contributed by atoms with Crippen molar-refractivity contribution in [3.8, 4) is 0 Å². The van der Waals surface area contributed by atoms with Gasteiger partial charge in [-0.3, -0.25) is 5.43 Å². The number of halogens is 1. The van der Waals surface area contributed by atoms with Gasteiger partial charge in [0, 0.05) is 30.1 Å². The first kappa shape index (κ1) is 18.0. The summed E-state index contributed by atoms with van der Waals surface area (Å²) in [5.41, 5.74) is 6.92. The van der Waals surface area contributed by atoms with Crippen LogP contribution < -0.4 is 10.3 Å². The fraction of sp³-hybridized carbons (Fsp3) is 0.200. The summed E-state index contributed by atoms with van der Waals surface area (Å²) in [7, 11) is 2.04. The second-order valence-corrected chi connectivity index (χ2v) is 7.05. The van der Waals surface area contributed by atoms with Crippen LogP contribution in [0, 0.1) is 0 Å². The van der Waals surface area contributed by atoms with E-state index in [1.54, 1.807) is 12.3 Å². The lowest BCUT2D eigenvalue weighted by Crippen LogP contribution is -2.23. The third-order valence-electron chi connectivity index (χ3n) is 4.64. The fourth-order valence-electron chi connectivity index (χ4n) is 3.28. The first-order valence-electron chi connectivity index (χ1n) is 8.18. The van der Waals surface area contributed by atoms with Crippen molar-refractivity contribution >= 4 is 35.2 Å². The summed E-state index contributed by atoms with van der Waals surface area (Å²) in [6.45, 7) is 4.36. The molecule has 5 nitrogen and oxygen atoms in total. The molecule has 0 aliphatic carbocycles. The Balaban J connectivity index is 1.79. The molecule has 1 aliphatic rings. The molecule has 0 spiro atoms. The summed E-state index contributed by atoms with van der Waals surface area (Å²) in [4.78, 5) is 13.3. The molecule has 0 amide bonds. The highest BCUT2D eigenvalue weighted by Crippen LogP contribution is 2.46. The van der Waals surface area contributed by atoms with Gasteiger partial charge in [-0.05, 0) is 35.9 Å². The van der Waals surface area contributed by atoms with E-state index in [0.717, 1.165) is 5.70 Å². The van der Waals surface area contributed by atoms with Crippen molar-refractivity contribution in [1.82, 2.24) is 0 Å². The van der Waals surface area contributed by atoms with Gasteiger partial charge in [0.15, 0.2) is 0 Å². The number of nitrogens with zero attached hydrogens (tertiary/aromatic N) is 2. The smallest absolute Gasteiger partial charge is 0.337 e. The summed E-state index contributed by atoms with van der Waals surface area (Å²) >= 11 is 5.87. The number of nitrogens with one attached hydrogen (secondary N) is 1. The molecule has 0 saturated carbocycles. The lowest BCUT2D eigenvalue weighted by Gasteiger charge is -2.23. The molecule has 2 aromatic carbocycles. The normalized spacial score (nSPS) is 16.9. The van der Waals surface area contributed by atoms with Crippen LogP contribution in [0.5, 0.6) is 0 Å². The van der Waals surface area contributed by atoms with Crippen molar-refractivity contribution in [3.63, 3.8) is 0 Å². The first-order chi connectivity index (χ1) is 12.3. The molecule has 3 rings (SSSR count). The predicted octanol–water partition coefficient (Wildman–Crippen LogP) is 4.75. The van der Waals surface area contributed by atoms with Crippen LogP contribution in [-0.2, 0) is 5.41 Å². The summed E-state index contributed by atoms with van der Waals surface area (Å²) in [6, 6.07) is 13.0. The average molecular weight is 370 g/mol. The summed E-state index contributed by atoms with van der Waals surface area (Å²) in [5, 5.41) is 13.5. The fourth-order valence-corrected chi connectivity index (χ4v) is 3.48. The number of hydrazone groups is 1. The van der Waals surface area contributed by atoms with Crippen molar-refractivity contribution in [2.45, 2.75) is 19.3 Å². The van der Waals surface area contributed by atoms with Gasteiger partial charge in [0.2, 0.25) is 0 Å². The predicted molar refractivity (Wildman–Crippen MR) is 106 cm³/mol. The van der Waals surface area contributed by atoms with Gasteiger partial charge < -0.3 is 10.0 Å². The van der Waals surface area contributed by atoms with Gasteiger partial charge in [-0.2, -0.15) is 5.10 Å². The van der Waals surface area contributed by atoms with E-state index in [9.17, 15) is 4.79 Å². The van der Waals surface area contributed by atoms with Crippen LogP contribution in [0.4, 0.5) is 11.4 Å². The van der Waals surface area contributed by atoms with E-state index in [1.165, 1.54) is 23.4 Å². The van der Waals surface area contributed by atoms with Crippen molar-refractivity contribution in [2.24, 2.45) is 5.10 Å². The molecule has 0 fully saturated rings. The Morgan fingerprint density at radius 2 is 2.00 bits per heavy atom. The van der Waals surface area contributed by atoms with E-state index in [2.05, 4.69) is 41.4 Å². The Kier molecular flexibility index (Phi) is 4.74. The molecule has 0 unspecified atom stereocenters. The number of benzene rings is 2. The Hall–Kier alpha value is -2.79. The van der Waals surface area contributed by atoms with E-state index in [4.69, 9.17) is 16.7 Å². The van der Waals surface area contributed by atoms with Crippen LogP contribution in [0.25, 0.3) is 0 Å². The molecule has 134 valence electrons. The van der Waals surface area contributed by atoms with E-state index in [-0.39, 0.29) is 16.0 Å². The second-order valence-electron chi connectivity index (χ2n) is 6.64. The van der Waals surface area contributed by atoms with Crippen molar-refractivity contribution in [3.05, 3.63) is 70.4 Å². The van der Waals surface area contributed by atoms with Crippen LogP contribution in [0.2, 0.25) is 5.02 Å². The third-order valence-corrected chi connectivity index (χ3v) is 4.97. The highest BCUT2D eigenvalue weighted by Gasteiger charge is 2.37. The minimum absolute atomic E-state index is 0.0392. The zero-order chi connectivity index (χ0) is 18.9. The van der Waals surface area contributed by atoms with Gasteiger partial charge in [0.05, 0.1) is 16.3 Å². The maximum Gasteiger partial charge on any atom is 0.337 e. The number of para-hydroxylation sites is 1. The molecule has 0 atom stereocenters. The zero-order valence-electron chi connectivity index (χ0n) is 14.8. The average Bonchev–Trinajstić information content (AvgIpc) is 2.80. The molecular weight excluding hydrogens is 350 g/mol. The quantitative estimate of drug-likeness (QED) is 0.603. The van der Waals surface area contributed by atoms with Gasteiger partial charge >= 0.3 is 5.97 Å². The maximum absolute atomic E-state index is 11.1. The number of aromatic carboxylic acids is 1. The number of hydrogen-bond acceptors (Lipinski definition) is 4. The lowest BCUT2D eigenvalue weighted by atomic mass is 9.84. The Labute approximate surface area is 157 Å². The molecule has 2 aromatic rings. The van der Waals surface area contributed by atoms with E-state index in [0.29, 0.717) is 5.69 Å². The van der Waals surface area contributed by atoms with Gasteiger partial charge in [0.1, 0.15) is 0 Å². The molecule has 1 aliphatic heterocycles. The number of rotatable bonds is 4. The van der Waals surface area contributed by atoms with E-state index >= 15 is 0 Å². The number of carboxylic acid groups (broad SMARTS) is 1. The van der Waals surface area contributed by atoms with E-state index < -0.39 is 5.97 Å². The van der Waals surface area contributed by atoms with Crippen LogP contribution in [0.3, 0.4) is 0 Å². The molecule has 1 heterocycles. The number of anilines is 2. The Bertz CT molecular complexity index is 919. The molecule has 0 saturated heterocycles. The molecule has 26 heavy (non-hydrogen) atoms. The highest BCUT2D eigenvalue weighted by atomic mass is 35.5. The van der Waals surface area contributed by atoms with Gasteiger partial charge in [-0.1, -0.05) is 43.6 Å². The SMILES string of the molecule is CN1/C(=C/C=N\Nc2ccc(Cl)c(C(=O)O)c2)C(C)(C)c2ccccc21. The first-order valence-corrected chi connectivity index (χ1v) is 8.56. The second kappa shape index (κ2) is 6.84. The van der Waals surface area contributed by atoms with Crippen LogP contribution >= 0.6 is 11.6 Å². The summed E-state index contributed by atoms with van der Waals surface area (Å²) in [6.07, 6.45) is 3.63. The van der Waals surface area contributed by atoms with Crippen molar-refractivity contribution in [2.75, 3.05) is 17.4 Å². The van der Waals surface area contributed by atoms with Gasteiger partial charge in [-0.25, -0.2) is 4.79 Å². The van der Waals surface area contributed by atoms with Crippen molar-refractivity contribution < 1.29 is 9.90 Å². The summed E-state index contributed by atoms with van der Waals surface area (Å²) in [5.74, 6) is -1.07. The van der Waals surface area contributed by atoms with Gasteiger partial charge in [-0.15, -0.1) is 0 Å². The Morgan fingerprint density at radius 1 is 1.27 bits per heavy atom. The monoisotopic (exact) mass is 369 g/mol. The number of hydrogen-bond donors (Lipinski definition) is 2. The van der Waals surface area contributed by atoms with Crippen LogP contribution in [-0.4, -0.2) is 24.3 Å². The number of likely N-dealkylation sites (N-methyl/N-ethyl adjacent to an activating group) is 1. The topological polar surface area (TPSA) is 64.9 Å². The summed E-state index contributed by atoms with van der Waals surface area (Å²) < 4.78 is 0. The minimum atomic E-state index is -1.07. The Morgan fingerprint density at radius 3 is 2.69 bits per heavy atom. The standard InChI is InChI=1S/C20H20ClN3O2/c1-20(2)15-6-4-5-7-17(15)24(3)18(20)10-11-22-23-13-8-9-16(21)14(12-13)19(25)26/h4-12,23H,1-3H3,(H,25,26)/b18-10+,22-11-. The molecule has 0 bridgehead atoms. The molecule has 0 radical (unpaired) electrons. The molecule has 6 heteroatoms. The van der Waals surface area contributed by atoms with Crippen LogP contribution in [0.1, 0.15) is 29.8 Å². The zero-order valence-corrected chi connectivity index (χ0v) is 15.6. The van der Waals surface area contributed by atoms with Gasteiger partial charge in [0.25, 0.3) is 0 Å². The highest BCUT2D eigenvalue weighted by molar-refractivity contribution is 6.33. The van der Waals surface area contributed by atoms with E-state index in [1.807, 2.05) is 25.3 Å². The molecule has 2 N–H and O–H groups in total. The number of carboxylic acids is 1. The molecule has 0 aromatic heterocycles.